The van der Waals surface area contributed by atoms with Gasteiger partial charge in [0.1, 0.15) is 0 Å². The largest absolute Gasteiger partial charge is 0.346 e. The van der Waals surface area contributed by atoms with Crippen molar-refractivity contribution in [3.8, 4) is 11.4 Å². The first-order valence-electron chi connectivity index (χ1n) is 9.68. The van der Waals surface area contributed by atoms with Crippen LogP contribution in [0.25, 0.3) is 11.4 Å². The van der Waals surface area contributed by atoms with Crippen molar-refractivity contribution in [2.75, 3.05) is 6.54 Å². The van der Waals surface area contributed by atoms with Crippen LogP contribution < -0.4 is 10.4 Å². The van der Waals surface area contributed by atoms with E-state index in [4.69, 9.17) is 0 Å². The summed E-state index contributed by atoms with van der Waals surface area (Å²) in [7, 11) is -3.65. The van der Waals surface area contributed by atoms with Gasteiger partial charge in [0.2, 0.25) is 10.0 Å². The predicted molar refractivity (Wildman–Crippen MR) is 111 cm³/mol. The summed E-state index contributed by atoms with van der Waals surface area (Å²) in [6, 6.07) is 15.0. The molecule has 0 spiro atoms. The van der Waals surface area contributed by atoms with Crippen molar-refractivity contribution < 1.29 is 8.42 Å². The van der Waals surface area contributed by atoms with Gasteiger partial charge in [-0.2, -0.15) is 0 Å². The number of nitrogens with one attached hydrogen (secondary N) is 1. The monoisotopic (exact) mass is 412 g/mol. The van der Waals surface area contributed by atoms with Crippen LogP contribution in [0.3, 0.4) is 0 Å². The Bertz CT molecular complexity index is 1190. The SMILES string of the molecule is Cc1ccc(S(=O)(=O)NCCn2nc(-c3ccccc3)n(C3CC3)c2=O)c(C)c1. The highest BCUT2D eigenvalue weighted by atomic mass is 32.2. The second kappa shape index (κ2) is 7.61. The molecule has 0 unspecified atom stereocenters. The van der Waals surface area contributed by atoms with Crippen molar-refractivity contribution in [1.82, 2.24) is 19.1 Å². The maximum absolute atomic E-state index is 12.8. The predicted octanol–water partition coefficient (Wildman–Crippen LogP) is 2.64. The summed E-state index contributed by atoms with van der Waals surface area (Å²) in [5.74, 6) is 0.635. The minimum Gasteiger partial charge on any atom is -0.272 e. The van der Waals surface area contributed by atoms with E-state index in [1.807, 2.05) is 43.3 Å². The first-order valence-corrected chi connectivity index (χ1v) is 11.2. The first kappa shape index (κ1) is 19.6. The fraction of sp³-hybridized carbons (Fsp3) is 0.333. The van der Waals surface area contributed by atoms with E-state index in [2.05, 4.69) is 9.82 Å². The molecule has 8 heteroatoms. The second-order valence-corrected chi connectivity index (χ2v) is 9.20. The molecule has 1 aromatic heterocycles. The lowest BCUT2D eigenvalue weighted by Gasteiger charge is -2.09. The van der Waals surface area contributed by atoms with E-state index in [0.717, 1.165) is 24.0 Å². The van der Waals surface area contributed by atoms with Gasteiger partial charge in [-0.05, 0) is 38.3 Å². The molecule has 1 fully saturated rings. The van der Waals surface area contributed by atoms with Crippen LogP contribution >= 0.6 is 0 Å². The summed E-state index contributed by atoms with van der Waals surface area (Å²) in [5.41, 5.74) is 2.38. The Kier molecular flexibility index (Phi) is 5.14. The van der Waals surface area contributed by atoms with Gasteiger partial charge in [0.15, 0.2) is 5.82 Å². The number of rotatable bonds is 7. The number of hydrogen-bond donors (Lipinski definition) is 1. The Hall–Kier alpha value is -2.71. The molecule has 1 aliphatic rings. The van der Waals surface area contributed by atoms with Crippen LogP contribution in [0, 0.1) is 13.8 Å². The molecular weight excluding hydrogens is 388 g/mol. The summed E-state index contributed by atoms with van der Waals surface area (Å²) in [5, 5.41) is 4.50. The molecule has 0 aliphatic heterocycles. The van der Waals surface area contributed by atoms with Crippen LogP contribution in [0.15, 0.2) is 58.2 Å². The van der Waals surface area contributed by atoms with Crippen molar-refractivity contribution in [1.29, 1.82) is 0 Å². The fourth-order valence-electron chi connectivity index (χ4n) is 3.48. The quantitative estimate of drug-likeness (QED) is 0.646. The average Bonchev–Trinajstić information content (AvgIpc) is 3.46. The number of aryl methyl sites for hydroxylation is 2. The smallest absolute Gasteiger partial charge is 0.272 e. The minimum absolute atomic E-state index is 0.0888. The molecule has 152 valence electrons. The van der Waals surface area contributed by atoms with E-state index < -0.39 is 10.0 Å². The molecule has 29 heavy (non-hydrogen) atoms. The third-order valence-electron chi connectivity index (χ3n) is 5.05. The van der Waals surface area contributed by atoms with Crippen molar-refractivity contribution in [2.45, 2.75) is 44.2 Å². The molecule has 2 aromatic carbocycles. The minimum atomic E-state index is -3.65. The van der Waals surface area contributed by atoms with Gasteiger partial charge in [-0.3, -0.25) is 4.57 Å². The van der Waals surface area contributed by atoms with Crippen molar-refractivity contribution >= 4 is 10.0 Å². The zero-order valence-electron chi connectivity index (χ0n) is 16.5. The van der Waals surface area contributed by atoms with E-state index in [9.17, 15) is 13.2 Å². The molecular formula is C21H24N4O3S. The van der Waals surface area contributed by atoms with Crippen LogP contribution in [-0.4, -0.2) is 29.3 Å². The summed E-state index contributed by atoms with van der Waals surface area (Å²) in [4.78, 5) is 13.1. The third-order valence-corrected chi connectivity index (χ3v) is 6.67. The molecule has 4 rings (SSSR count). The second-order valence-electron chi connectivity index (χ2n) is 7.46. The van der Waals surface area contributed by atoms with Crippen LogP contribution in [0.5, 0.6) is 0 Å². The van der Waals surface area contributed by atoms with Gasteiger partial charge in [-0.1, -0.05) is 48.0 Å². The molecule has 0 saturated heterocycles. The van der Waals surface area contributed by atoms with Gasteiger partial charge in [0.25, 0.3) is 0 Å². The van der Waals surface area contributed by atoms with Gasteiger partial charge < -0.3 is 0 Å². The lowest BCUT2D eigenvalue weighted by molar-refractivity contribution is 0.546. The van der Waals surface area contributed by atoms with E-state index in [0.29, 0.717) is 11.4 Å². The summed E-state index contributed by atoms with van der Waals surface area (Å²) in [6.07, 6.45) is 1.93. The Morgan fingerprint density at radius 1 is 1.10 bits per heavy atom. The maximum Gasteiger partial charge on any atom is 0.346 e. The highest BCUT2D eigenvalue weighted by molar-refractivity contribution is 7.89. The van der Waals surface area contributed by atoms with E-state index in [-0.39, 0.29) is 29.7 Å². The van der Waals surface area contributed by atoms with Gasteiger partial charge in [0, 0.05) is 18.2 Å². The lowest BCUT2D eigenvalue weighted by Crippen LogP contribution is -2.32. The molecule has 1 heterocycles. The lowest BCUT2D eigenvalue weighted by atomic mass is 10.2. The first-order chi connectivity index (χ1) is 13.9. The normalized spacial score (nSPS) is 14.3. The zero-order valence-corrected chi connectivity index (χ0v) is 17.3. The number of nitrogens with zero attached hydrogens (tertiary/aromatic N) is 3. The third kappa shape index (κ3) is 4.04. The summed E-state index contributed by atoms with van der Waals surface area (Å²) < 4.78 is 30.9. The molecule has 3 aromatic rings. The van der Waals surface area contributed by atoms with Crippen molar-refractivity contribution in [3.63, 3.8) is 0 Å². The van der Waals surface area contributed by atoms with Gasteiger partial charge in [-0.15, -0.1) is 5.10 Å². The fourth-order valence-corrected chi connectivity index (χ4v) is 4.72. The standard InChI is InChI=1S/C21H24N4O3S/c1-15-8-11-19(16(2)14-15)29(27,28)22-12-13-24-21(26)25(18-9-10-18)20(23-24)17-6-4-3-5-7-17/h3-8,11,14,18,22H,9-10,12-13H2,1-2H3. The molecule has 7 nitrogen and oxygen atoms in total. The molecule has 0 atom stereocenters. The molecule has 0 amide bonds. The van der Waals surface area contributed by atoms with Crippen molar-refractivity contribution in [2.24, 2.45) is 0 Å². The molecule has 1 aliphatic carbocycles. The topological polar surface area (TPSA) is 86.0 Å². The number of benzene rings is 2. The van der Waals surface area contributed by atoms with Gasteiger partial charge in [0.05, 0.1) is 11.4 Å². The molecule has 1 N–H and O–H groups in total. The number of hydrogen-bond acceptors (Lipinski definition) is 4. The van der Waals surface area contributed by atoms with Gasteiger partial charge >= 0.3 is 5.69 Å². The maximum atomic E-state index is 12.8. The number of sulfonamides is 1. The molecule has 0 radical (unpaired) electrons. The Balaban J connectivity index is 1.54. The molecule has 1 saturated carbocycles. The van der Waals surface area contributed by atoms with Crippen LogP contribution in [0.4, 0.5) is 0 Å². The van der Waals surface area contributed by atoms with Crippen LogP contribution in [0.1, 0.15) is 30.0 Å². The number of aromatic nitrogens is 3. The highest BCUT2D eigenvalue weighted by Crippen LogP contribution is 2.36. The Morgan fingerprint density at radius 2 is 1.83 bits per heavy atom. The van der Waals surface area contributed by atoms with E-state index in [1.54, 1.807) is 23.6 Å². The highest BCUT2D eigenvalue weighted by Gasteiger charge is 2.30. The molecule has 0 bridgehead atoms. The summed E-state index contributed by atoms with van der Waals surface area (Å²) in [6.45, 7) is 3.95. The zero-order chi connectivity index (χ0) is 20.6. The van der Waals surface area contributed by atoms with E-state index in [1.165, 1.54) is 4.68 Å². The van der Waals surface area contributed by atoms with Crippen LogP contribution in [-0.2, 0) is 16.6 Å². The van der Waals surface area contributed by atoms with Gasteiger partial charge in [-0.25, -0.2) is 22.6 Å². The summed E-state index contributed by atoms with van der Waals surface area (Å²) >= 11 is 0. The van der Waals surface area contributed by atoms with Crippen LogP contribution in [0.2, 0.25) is 0 Å². The average molecular weight is 413 g/mol. The van der Waals surface area contributed by atoms with Crippen molar-refractivity contribution in [3.05, 3.63) is 70.1 Å². The van der Waals surface area contributed by atoms with E-state index >= 15 is 0 Å². The Morgan fingerprint density at radius 3 is 2.48 bits per heavy atom. The Labute approximate surface area is 170 Å².